The molecule has 0 heterocycles. The Balaban J connectivity index is 2.30. The van der Waals surface area contributed by atoms with E-state index < -0.39 is 0 Å². The third kappa shape index (κ3) is 5.83. The Morgan fingerprint density at radius 3 is 2.13 bits per heavy atom. The molecule has 0 saturated carbocycles. The van der Waals surface area contributed by atoms with Crippen LogP contribution >= 0.6 is 0 Å². The van der Waals surface area contributed by atoms with E-state index in [0.29, 0.717) is 36.5 Å². The highest BCUT2D eigenvalue weighted by molar-refractivity contribution is 6.07. The summed E-state index contributed by atoms with van der Waals surface area (Å²) in [7, 11) is 3.38. The summed E-state index contributed by atoms with van der Waals surface area (Å²) in [5.41, 5.74) is 2.83. The van der Waals surface area contributed by atoms with E-state index in [1.807, 2.05) is 32.1 Å². The van der Waals surface area contributed by atoms with Gasteiger partial charge < -0.3 is 14.4 Å². The minimum Gasteiger partial charge on any atom is -0.493 e. The normalized spacial score (nSPS) is 10.7. The van der Waals surface area contributed by atoms with E-state index in [9.17, 15) is 9.59 Å². The molecule has 0 aliphatic heterocycles. The summed E-state index contributed by atoms with van der Waals surface area (Å²) in [6.45, 7) is 8.70. The molecule has 0 N–H and O–H groups in total. The van der Waals surface area contributed by atoms with E-state index in [-0.39, 0.29) is 11.7 Å². The summed E-state index contributed by atoms with van der Waals surface area (Å²) in [6, 6.07) is 10.5. The topological polar surface area (TPSA) is 55.8 Å². The van der Waals surface area contributed by atoms with Crippen molar-refractivity contribution < 1.29 is 19.1 Å². The first-order valence-corrected chi connectivity index (χ1v) is 9.98. The highest BCUT2D eigenvalue weighted by Crippen LogP contribution is 2.31. The van der Waals surface area contributed by atoms with Gasteiger partial charge in [0, 0.05) is 36.9 Å². The van der Waals surface area contributed by atoms with Crippen LogP contribution in [0.1, 0.15) is 45.7 Å². The first kappa shape index (κ1) is 22.9. The Labute approximate surface area is 178 Å². The molecule has 0 aliphatic carbocycles. The van der Waals surface area contributed by atoms with Crippen molar-refractivity contribution in [3.63, 3.8) is 0 Å². The molecule has 1 amide bonds. The van der Waals surface area contributed by atoms with E-state index in [2.05, 4.69) is 6.58 Å². The maximum Gasteiger partial charge on any atom is 0.253 e. The lowest BCUT2D eigenvalue weighted by molar-refractivity contribution is 0.0827. The van der Waals surface area contributed by atoms with E-state index >= 15 is 0 Å². The minimum atomic E-state index is -0.152. The SMILES string of the molecule is C=CCc1cc(/C=C/C(=O)c2ccc(C(=O)N(C)C)cc2)c(OCC)cc1OCC. The molecular formula is C25H29NO4. The zero-order valence-corrected chi connectivity index (χ0v) is 18.1. The molecule has 2 aromatic carbocycles. The molecule has 30 heavy (non-hydrogen) atoms. The quantitative estimate of drug-likeness (QED) is 0.322. The van der Waals surface area contributed by atoms with Crippen molar-refractivity contribution in [2.75, 3.05) is 27.3 Å². The maximum absolute atomic E-state index is 12.6. The van der Waals surface area contributed by atoms with Crippen LogP contribution in [-0.4, -0.2) is 43.9 Å². The van der Waals surface area contributed by atoms with Gasteiger partial charge >= 0.3 is 0 Å². The summed E-state index contributed by atoms with van der Waals surface area (Å²) in [4.78, 5) is 26.1. The molecule has 0 spiro atoms. The van der Waals surface area contributed by atoms with Gasteiger partial charge in [-0.3, -0.25) is 9.59 Å². The molecule has 0 aliphatic rings. The summed E-state index contributed by atoms with van der Waals surface area (Å²) in [5.74, 6) is 1.16. The van der Waals surface area contributed by atoms with Crippen molar-refractivity contribution in [1.29, 1.82) is 0 Å². The van der Waals surface area contributed by atoms with Gasteiger partial charge in [0.15, 0.2) is 5.78 Å². The van der Waals surface area contributed by atoms with Gasteiger partial charge in [0.2, 0.25) is 0 Å². The number of ketones is 1. The van der Waals surface area contributed by atoms with Crippen LogP contribution < -0.4 is 9.47 Å². The third-order valence-corrected chi connectivity index (χ3v) is 4.39. The number of benzene rings is 2. The number of carbonyl (C=O) groups is 2. The first-order chi connectivity index (χ1) is 14.4. The van der Waals surface area contributed by atoms with E-state index in [0.717, 1.165) is 16.9 Å². The van der Waals surface area contributed by atoms with Crippen molar-refractivity contribution in [3.05, 3.63) is 77.4 Å². The van der Waals surface area contributed by atoms with Gasteiger partial charge in [0.05, 0.1) is 13.2 Å². The second-order valence-corrected chi connectivity index (χ2v) is 6.83. The van der Waals surface area contributed by atoms with E-state index in [4.69, 9.17) is 9.47 Å². The smallest absolute Gasteiger partial charge is 0.253 e. The molecule has 5 heteroatoms. The van der Waals surface area contributed by atoms with Crippen molar-refractivity contribution in [1.82, 2.24) is 4.90 Å². The number of carbonyl (C=O) groups excluding carboxylic acids is 2. The lowest BCUT2D eigenvalue weighted by Gasteiger charge is -2.14. The second kappa shape index (κ2) is 11.0. The Kier molecular flexibility index (Phi) is 8.41. The molecule has 0 atom stereocenters. The predicted molar refractivity (Wildman–Crippen MR) is 121 cm³/mol. The number of allylic oxidation sites excluding steroid dienone is 2. The van der Waals surface area contributed by atoms with Crippen molar-refractivity contribution >= 4 is 17.8 Å². The molecule has 0 fully saturated rings. The van der Waals surface area contributed by atoms with Crippen molar-refractivity contribution in [2.45, 2.75) is 20.3 Å². The molecular weight excluding hydrogens is 378 g/mol. The standard InChI is InChI=1S/C25H29NO4/c1-6-9-20-16-21(24(30-8-3)17-23(20)29-7-2)14-15-22(27)18-10-12-19(13-11-18)25(28)26(4)5/h6,10-17H,1,7-9H2,2-5H3/b15-14+. The average molecular weight is 408 g/mol. The molecule has 158 valence electrons. The number of hydrogen-bond donors (Lipinski definition) is 0. The molecule has 0 bridgehead atoms. The maximum atomic E-state index is 12.6. The Morgan fingerprint density at radius 1 is 0.967 bits per heavy atom. The third-order valence-electron chi connectivity index (χ3n) is 4.39. The summed E-state index contributed by atoms with van der Waals surface area (Å²) < 4.78 is 11.5. The number of rotatable bonds is 10. The fourth-order valence-corrected chi connectivity index (χ4v) is 2.94. The summed E-state index contributed by atoms with van der Waals surface area (Å²) in [6.07, 6.45) is 5.72. The highest BCUT2D eigenvalue weighted by atomic mass is 16.5. The molecule has 0 unspecified atom stereocenters. The monoisotopic (exact) mass is 407 g/mol. The van der Waals surface area contributed by atoms with Crippen LogP contribution in [0.3, 0.4) is 0 Å². The van der Waals surface area contributed by atoms with Gasteiger partial charge in [-0.25, -0.2) is 0 Å². The largest absolute Gasteiger partial charge is 0.493 e. The summed E-state index contributed by atoms with van der Waals surface area (Å²) >= 11 is 0. The Hall–Kier alpha value is -3.34. The lowest BCUT2D eigenvalue weighted by Crippen LogP contribution is -2.21. The van der Waals surface area contributed by atoms with Gasteiger partial charge in [0.1, 0.15) is 11.5 Å². The molecule has 0 radical (unpaired) electrons. The fraction of sp³-hybridized carbons (Fsp3) is 0.280. The zero-order chi connectivity index (χ0) is 22.1. The van der Waals surface area contributed by atoms with Crippen LogP contribution in [0.4, 0.5) is 0 Å². The Bertz CT molecular complexity index is 927. The number of hydrogen-bond acceptors (Lipinski definition) is 4. The molecule has 0 saturated heterocycles. The lowest BCUT2D eigenvalue weighted by atomic mass is 10.0. The van der Waals surface area contributed by atoms with Gasteiger partial charge in [-0.2, -0.15) is 0 Å². The van der Waals surface area contributed by atoms with Crippen LogP contribution in [0.15, 0.2) is 55.1 Å². The van der Waals surface area contributed by atoms with Gasteiger partial charge in [0.25, 0.3) is 5.91 Å². The number of ether oxygens (including phenoxy) is 2. The van der Waals surface area contributed by atoms with Crippen LogP contribution in [0.2, 0.25) is 0 Å². The fourth-order valence-electron chi connectivity index (χ4n) is 2.94. The molecule has 5 nitrogen and oxygen atoms in total. The van der Waals surface area contributed by atoms with Crippen molar-refractivity contribution in [3.8, 4) is 11.5 Å². The van der Waals surface area contributed by atoms with Crippen molar-refractivity contribution in [2.24, 2.45) is 0 Å². The highest BCUT2D eigenvalue weighted by Gasteiger charge is 2.12. The Morgan fingerprint density at radius 2 is 1.57 bits per heavy atom. The van der Waals surface area contributed by atoms with Gasteiger partial charge in [-0.05, 0) is 56.2 Å². The number of nitrogens with zero attached hydrogens (tertiary/aromatic N) is 1. The number of amides is 1. The van der Waals surface area contributed by atoms with Crippen LogP contribution in [0.5, 0.6) is 11.5 Å². The summed E-state index contributed by atoms with van der Waals surface area (Å²) in [5, 5.41) is 0. The predicted octanol–water partition coefficient (Wildman–Crippen LogP) is 4.81. The van der Waals surface area contributed by atoms with Crippen LogP contribution in [-0.2, 0) is 6.42 Å². The second-order valence-electron chi connectivity index (χ2n) is 6.83. The first-order valence-electron chi connectivity index (χ1n) is 9.98. The van der Waals surface area contributed by atoms with Gasteiger partial charge in [-0.1, -0.05) is 18.2 Å². The zero-order valence-electron chi connectivity index (χ0n) is 18.1. The van der Waals surface area contributed by atoms with Crippen LogP contribution in [0, 0.1) is 0 Å². The minimum absolute atomic E-state index is 0.102. The van der Waals surface area contributed by atoms with Crippen LogP contribution in [0.25, 0.3) is 6.08 Å². The molecule has 2 aromatic rings. The average Bonchev–Trinajstić information content (AvgIpc) is 2.74. The van der Waals surface area contributed by atoms with E-state index in [1.54, 1.807) is 44.4 Å². The van der Waals surface area contributed by atoms with Gasteiger partial charge in [-0.15, -0.1) is 6.58 Å². The van der Waals surface area contributed by atoms with E-state index in [1.165, 1.54) is 11.0 Å². The molecule has 0 aromatic heterocycles. The molecule has 2 rings (SSSR count).